The molecule has 5 rings (SSSR count). The van der Waals surface area contributed by atoms with Crippen molar-refractivity contribution in [1.82, 2.24) is 15.5 Å². The van der Waals surface area contributed by atoms with Crippen LogP contribution >= 0.6 is 11.6 Å². The monoisotopic (exact) mass is 700 g/mol. The lowest BCUT2D eigenvalue weighted by Crippen LogP contribution is -2.49. The van der Waals surface area contributed by atoms with Crippen molar-refractivity contribution in [3.8, 4) is 0 Å². The van der Waals surface area contributed by atoms with Crippen molar-refractivity contribution in [3.63, 3.8) is 0 Å². The predicted octanol–water partition coefficient (Wildman–Crippen LogP) is 5.82. The first-order chi connectivity index (χ1) is 24.0. The summed E-state index contributed by atoms with van der Waals surface area (Å²) < 4.78 is 0. The number of rotatable bonds is 14. The van der Waals surface area contributed by atoms with Crippen LogP contribution in [0.15, 0.2) is 78.9 Å². The van der Waals surface area contributed by atoms with Gasteiger partial charge in [0.2, 0.25) is 17.7 Å². The molecule has 2 aliphatic rings. The number of carboxylic acids is 1. The van der Waals surface area contributed by atoms with Crippen molar-refractivity contribution in [3.05, 3.63) is 101 Å². The van der Waals surface area contributed by atoms with Crippen molar-refractivity contribution in [1.29, 1.82) is 0 Å². The molecule has 11 heteroatoms. The number of carboxylic acid groups (broad SMARTS) is 1. The molecule has 0 radical (unpaired) electrons. The Kier molecular flexibility index (Phi) is 12.0. The molecule has 1 aliphatic heterocycles. The number of benzene rings is 3. The highest BCUT2D eigenvalue weighted by Gasteiger charge is 2.49. The molecule has 0 bridgehead atoms. The van der Waals surface area contributed by atoms with E-state index in [4.69, 9.17) is 11.6 Å². The first kappa shape index (κ1) is 36.6. The zero-order valence-electron chi connectivity index (χ0n) is 28.6. The second kappa shape index (κ2) is 16.3. The van der Waals surface area contributed by atoms with Crippen molar-refractivity contribution < 1.29 is 29.1 Å². The molecule has 2 unspecified atom stereocenters. The lowest BCUT2D eigenvalue weighted by molar-refractivity contribution is -0.144. The second-order valence-corrected chi connectivity index (χ2v) is 13.8. The summed E-state index contributed by atoms with van der Waals surface area (Å²) in [6.45, 7) is 3.71. The fourth-order valence-electron chi connectivity index (χ4n) is 7.24. The SMILES string of the molecule is CCCC(=O)N1C(c2ccc(Cl)cc2)N(c2ccc(CC(NC(=O)C3(CCNC(C)=O)CCCC3)C(=O)O)cc2)C(=O)[C@H]1Cc1ccccc1. The molecule has 1 aliphatic carbocycles. The van der Waals surface area contributed by atoms with E-state index >= 15 is 0 Å². The quantitative estimate of drug-likeness (QED) is 0.194. The molecule has 0 spiro atoms. The fourth-order valence-corrected chi connectivity index (χ4v) is 7.37. The minimum atomic E-state index is -1.17. The van der Waals surface area contributed by atoms with Crippen LogP contribution in [0.1, 0.15) is 81.6 Å². The molecule has 0 aromatic heterocycles. The van der Waals surface area contributed by atoms with Crippen LogP contribution in [-0.4, -0.2) is 58.2 Å². The lowest BCUT2D eigenvalue weighted by Gasteiger charge is -2.32. The summed E-state index contributed by atoms with van der Waals surface area (Å²) in [5, 5.41) is 16.2. The summed E-state index contributed by atoms with van der Waals surface area (Å²) in [5.41, 5.74) is 2.17. The van der Waals surface area contributed by atoms with Gasteiger partial charge in [-0.3, -0.25) is 24.1 Å². The highest BCUT2D eigenvalue weighted by atomic mass is 35.5. The normalized spacial score (nSPS) is 18.9. The maximum absolute atomic E-state index is 14.4. The summed E-state index contributed by atoms with van der Waals surface area (Å²) in [6, 6.07) is 21.9. The number of halogens is 1. The van der Waals surface area contributed by atoms with Gasteiger partial charge < -0.3 is 20.6 Å². The predicted molar refractivity (Wildman–Crippen MR) is 191 cm³/mol. The summed E-state index contributed by atoms with van der Waals surface area (Å²) in [6.07, 6.45) is 4.04. The van der Waals surface area contributed by atoms with Crippen LogP contribution in [0.3, 0.4) is 0 Å². The van der Waals surface area contributed by atoms with E-state index in [9.17, 15) is 29.1 Å². The third-order valence-corrected chi connectivity index (χ3v) is 10.1. The summed E-state index contributed by atoms with van der Waals surface area (Å²) in [7, 11) is 0. The van der Waals surface area contributed by atoms with Gasteiger partial charge in [0, 0.05) is 43.4 Å². The van der Waals surface area contributed by atoms with E-state index in [-0.39, 0.29) is 36.5 Å². The standard InChI is InChI=1S/C39H45ClN4O6/c1-3-9-34(46)44-33(25-27-10-5-4-6-11-27)36(47)43(35(44)29-14-16-30(40)17-15-29)31-18-12-28(13-19-31)24-32(37(48)49)42-38(50)39(20-7-8-21-39)22-23-41-26(2)45/h4-6,10-19,32-33,35H,3,7-9,20-25H2,1-2H3,(H,41,45)(H,42,50)(H,48,49)/t32?,33-,35?/m1/s1. The molecule has 3 atom stereocenters. The molecule has 264 valence electrons. The van der Waals surface area contributed by atoms with Crippen molar-refractivity contribution in [2.24, 2.45) is 5.41 Å². The topological polar surface area (TPSA) is 136 Å². The maximum atomic E-state index is 14.4. The van der Waals surface area contributed by atoms with Gasteiger partial charge in [0.25, 0.3) is 5.91 Å². The number of aliphatic carboxylic acids is 1. The van der Waals surface area contributed by atoms with Gasteiger partial charge in [-0.2, -0.15) is 0 Å². The van der Waals surface area contributed by atoms with E-state index in [0.717, 1.165) is 24.0 Å². The van der Waals surface area contributed by atoms with E-state index in [1.165, 1.54) is 6.92 Å². The van der Waals surface area contributed by atoms with Crippen LogP contribution in [0.2, 0.25) is 5.02 Å². The smallest absolute Gasteiger partial charge is 0.326 e. The Balaban J connectivity index is 1.41. The Morgan fingerprint density at radius 3 is 2.20 bits per heavy atom. The number of amides is 4. The fraction of sp³-hybridized carbons (Fsp3) is 0.410. The molecule has 1 heterocycles. The van der Waals surface area contributed by atoms with Crippen LogP contribution < -0.4 is 15.5 Å². The molecule has 10 nitrogen and oxygen atoms in total. The minimum absolute atomic E-state index is 0.0371. The molecule has 4 amide bonds. The Hall–Kier alpha value is -4.70. The minimum Gasteiger partial charge on any atom is -0.480 e. The van der Waals surface area contributed by atoms with E-state index in [1.54, 1.807) is 46.2 Å². The van der Waals surface area contributed by atoms with Gasteiger partial charge in [0.05, 0.1) is 5.41 Å². The number of carbonyl (C=O) groups excluding carboxylic acids is 4. The van der Waals surface area contributed by atoms with Gasteiger partial charge in [-0.05, 0) is 66.6 Å². The Morgan fingerprint density at radius 1 is 0.940 bits per heavy atom. The number of hydrogen-bond acceptors (Lipinski definition) is 5. The van der Waals surface area contributed by atoms with Crippen molar-refractivity contribution in [2.45, 2.75) is 89.9 Å². The molecule has 2 fully saturated rings. The van der Waals surface area contributed by atoms with Crippen LogP contribution in [0.4, 0.5) is 5.69 Å². The average molecular weight is 701 g/mol. The first-order valence-electron chi connectivity index (χ1n) is 17.3. The van der Waals surface area contributed by atoms with E-state index in [1.807, 2.05) is 49.4 Å². The largest absolute Gasteiger partial charge is 0.480 e. The number of hydrogen-bond donors (Lipinski definition) is 3. The molecule has 3 aromatic rings. The molecular formula is C39H45ClN4O6. The van der Waals surface area contributed by atoms with Gasteiger partial charge in [-0.25, -0.2) is 4.79 Å². The van der Waals surface area contributed by atoms with Crippen LogP contribution in [-0.2, 0) is 36.8 Å². The van der Waals surface area contributed by atoms with Crippen LogP contribution in [0.5, 0.6) is 0 Å². The lowest BCUT2D eigenvalue weighted by atomic mass is 9.81. The highest BCUT2D eigenvalue weighted by molar-refractivity contribution is 6.30. The van der Waals surface area contributed by atoms with E-state index < -0.39 is 29.6 Å². The zero-order valence-corrected chi connectivity index (χ0v) is 29.3. The van der Waals surface area contributed by atoms with E-state index in [0.29, 0.717) is 54.9 Å². The number of nitrogens with zero attached hydrogens (tertiary/aromatic N) is 2. The Morgan fingerprint density at radius 2 is 1.60 bits per heavy atom. The number of carbonyl (C=O) groups is 5. The van der Waals surface area contributed by atoms with Crippen LogP contribution in [0.25, 0.3) is 0 Å². The number of anilines is 1. The molecule has 3 N–H and O–H groups in total. The van der Waals surface area contributed by atoms with Crippen molar-refractivity contribution >= 4 is 46.9 Å². The highest BCUT2D eigenvalue weighted by Crippen LogP contribution is 2.42. The van der Waals surface area contributed by atoms with Gasteiger partial charge in [0.1, 0.15) is 18.2 Å². The summed E-state index contributed by atoms with van der Waals surface area (Å²) in [4.78, 5) is 68.8. The second-order valence-electron chi connectivity index (χ2n) is 13.3. The molecular weight excluding hydrogens is 656 g/mol. The molecule has 1 saturated heterocycles. The van der Waals surface area contributed by atoms with Crippen LogP contribution in [0, 0.1) is 5.41 Å². The molecule has 50 heavy (non-hydrogen) atoms. The maximum Gasteiger partial charge on any atom is 0.326 e. The van der Waals surface area contributed by atoms with Gasteiger partial charge >= 0.3 is 5.97 Å². The van der Waals surface area contributed by atoms with E-state index in [2.05, 4.69) is 10.6 Å². The summed E-state index contributed by atoms with van der Waals surface area (Å²) >= 11 is 6.23. The Bertz CT molecular complexity index is 1670. The van der Waals surface area contributed by atoms with Gasteiger partial charge in [-0.15, -0.1) is 0 Å². The molecule has 3 aromatic carbocycles. The van der Waals surface area contributed by atoms with Gasteiger partial charge in [0.15, 0.2) is 0 Å². The molecule has 1 saturated carbocycles. The number of nitrogens with one attached hydrogen (secondary N) is 2. The third kappa shape index (κ3) is 8.35. The average Bonchev–Trinajstić information content (AvgIpc) is 3.69. The Labute approximate surface area is 298 Å². The summed E-state index contributed by atoms with van der Waals surface area (Å²) in [5.74, 6) is -1.98. The third-order valence-electron chi connectivity index (χ3n) is 9.84. The van der Waals surface area contributed by atoms with Crippen molar-refractivity contribution in [2.75, 3.05) is 11.4 Å². The van der Waals surface area contributed by atoms with Gasteiger partial charge in [-0.1, -0.05) is 86.0 Å². The zero-order chi connectivity index (χ0) is 35.8. The first-order valence-corrected chi connectivity index (χ1v) is 17.7.